The highest BCUT2D eigenvalue weighted by atomic mass is 32.1. The van der Waals surface area contributed by atoms with E-state index in [-0.39, 0.29) is 17.1 Å². The number of thiazole rings is 1. The van der Waals surface area contributed by atoms with Gasteiger partial charge in [-0.3, -0.25) is 0 Å². The molecule has 0 bridgehead atoms. The summed E-state index contributed by atoms with van der Waals surface area (Å²) in [7, 11) is 1.79. The van der Waals surface area contributed by atoms with E-state index in [1.165, 1.54) is 10.6 Å². The standard InChI is InChI=1S/C15H24N2O2S/c1-14(2)8-10(16)12-11(9-14)17-13(20-12)15(18-3)4-6-19-7-5-15/h10H,4-9,16H2,1-3H3. The van der Waals surface area contributed by atoms with Gasteiger partial charge in [0.25, 0.3) is 0 Å². The van der Waals surface area contributed by atoms with E-state index in [2.05, 4.69) is 13.8 Å². The number of fused-ring (bicyclic) bond motifs is 1. The van der Waals surface area contributed by atoms with Gasteiger partial charge < -0.3 is 15.2 Å². The van der Waals surface area contributed by atoms with Crippen LogP contribution in [0.25, 0.3) is 0 Å². The molecule has 112 valence electrons. The molecular formula is C15H24N2O2S. The van der Waals surface area contributed by atoms with Crippen LogP contribution in [-0.4, -0.2) is 25.3 Å². The molecule has 2 aliphatic rings. The first-order valence-corrected chi connectivity index (χ1v) is 8.16. The monoisotopic (exact) mass is 296 g/mol. The first kappa shape index (κ1) is 14.4. The van der Waals surface area contributed by atoms with Crippen LogP contribution in [0.15, 0.2) is 0 Å². The Hall–Kier alpha value is -0.490. The van der Waals surface area contributed by atoms with Crippen LogP contribution in [0.2, 0.25) is 0 Å². The van der Waals surface area contributed by atoms with E-state index in [0.717, 1.165) is 43.9 Å². The average Bonchev–Trinajstić information content (AvgIpc) is 2.82. The maximum Gasteiger partial charge on any atom is 0.125 e. The zero-order chi connectivity index (χ0) is 14.4. The highest BCUT2D eigenvalue weighted by Gasteiger charge is 2.41. The van der Waals surface area contributed by atoms with Crippen LogP contribution in [0.1, 0.15) is 54.7 Å². The van der Waals surface area contributed by atoms with E-state index in [0.29, 0.717) is 0 Å². The third-order valence-corrected chi connectivity index (χ3v) is 5.98. The predicted octanol–water partition coefficient (Wildman–Crippen LogP) is 2.77. The Balaban J connectivity index is 1.96. The second kappa shape index (κ2) is 5.05. The van der Waals surface area contributed by atoms with Gasteiger partial charge in [0.1, 0.15) is 10.6 Å². The minimum absolute atomic E-state index is 0.119. The maximum absolute atomic E-state index is 6.35. The van der Waals surface area contributed by atoms with Crippen LogP contribution in [0.3, 0.4) is 0 Å². The highest BCUT2D eigenvalue weighted by molar-refractivity contribution is 7.12. The van der Waals surface area contributed by atoms with Crippen LogP contribution in [0.4, 0.5) is 0 Å². The van der Waals surface area contributed by atoms with Gasteiger partial charge in [0, 0.05) is 44.1 Å². The molecule has 1 fully saturated rings. The summed E-state index contributed by atoms with van der Waals surface area (Å²) in [5, 5.41) is 1.10. The second-order valence-electron chi connectivity index (χ2n) is 6.79. The Labute approximate surface area is 124 Å². The molecule has 3 rings (SSSR count). The van der Waals surface area contributed by atoms with Crippen molar-refractivity contribution in [2.24, 2.45) is 11.1 Å². The molecule has 0 radical (unpaired) electrons. The maximum atomic E-state index is 6.35. The van der Waals surface area contributed by atoms with E-state index in [1.807, 2.05) is 0 Å². The van der Waals surface area contributed by atoms with E-state index in [1.54, 1.807) is 18.4 Å². The van der Waals surface area contributed by atoms with Crippen LogP contribution in [0.5, 0.6) is 0 Å². The van der Waals surface area contributed by atoms with Gasteiger partial charge in [-0.05, 0) is 18.3 Å². The molecule has 1 aromatic rings. The predicted molar refractivity (Wildman–Crippen MR) is 79.9 cm³/mol. The van der Waals surface area contributed by atoms with Crippen molar-refractivity contribution >= 4 is 11.3 Å². The summed E-state index contributed by atoms with van der Waals surface area (Å²) in [6, 6.07) is 0.119. The van der Waals surface area contributed by atoms with E-state index in [9.17, 15) is 0 Å². The van der Waals surface area contributed by atoms with E-state index >= 15 is 0 Å². The molecule has 1 aliphatic carbocycles. The molecule has 0 saturated carbocycles. The molecule has 5 heteroatoms. The van der Waals surface area contributed by atoms with Gasteiger partial charge in [0.2, 0.25) is 0 Å². The lowest BCUT2D eigenvalue weighted by Crippen LogP contribution is -2.35. The average molecular weight is 296 g/mol. The molecule has 1 saturated heterocycles. The molecular weight excluding hydrogens is 272 g/mol. The first-order valence-electron chi connectivity index (χ1n) is 7.34. The number of nitrogens with two attached hydrogens (primary N) is 1. The lowest BCUT2D eigenvalue weighted by atomic mass is 9.76. The fraction of sp³-hybridized carbons (Fsp3) is 0.800. The largest absolute Gasteiger partial charge is 0.381 e. The van der Waals surface area contributed by atoms with Crippen LogP contribution in [0, 0.1) is 5.41 Å². The summed E-state index contributed by atoms with van der Waals surface area (Å²) in [5.41, 5.74) is 7.53. The fourth-order valence-electron chi connectivity index (χ4n) is 3.39. The topological polar surface area (TPSA) is 57.4 Å². The lowest BCUT2D eigenvalue weighted by Gasteiger charge is -2.33. The summed E-state index contributed by atoms with van der Waals surface area (Å²) in [4.78, 5) is 6.19. The molecule has 20 heavy (non-hydrogen) atoms. The normalized spacial score (nSPS) is 28.1. The molecule has 2 N–H and O–H groups in total. The third kappa shape index (κ3) is 2.41. The Morgan fingerprint density at radius 1 is 1.35 bits per heavy atom. The lowest BCUT2D eigenvalue weighted by molar-refractivity contribution is -0.0949. The van der Waals surface area contributed by atoms with Crippen molar-refractivity contribution in [3.63, 3.8) is 0 Å². The molecule has 0 amide bonds. The van der Waals surface area contributed by atoms with Crippen molar-refractivity contribution in [1.82, 2.24) is 4.98 Å². The summed E-state index contributed by atoms with van der Waals surface area (Å²) in [5.74, 6) is 0. The Bertz CT molecular complexity index is 492. The number of hydrogen-bond acceptors (Lipinski definition) is 5. The molecule has 0 aromatic carbocycles. The molecule has 2 heterocycles. The number of hydrogen-bond donors (Lipinski definition) is 1. The highest BCUT2D eigenvalue weighted by Crippen LogP contribution is 2.46. The summed E-state index contributed by atoms with van der Waals surface area (Å²) < 4.78 is 11.3. The molecule has 1 aromatic heterocycles. The third-order valence-electron chi connectivity index (χ3n) is 4.56. The smallest absolute Gasteiger partial charge is 0.125 e. The zero-order valence-electron chi connectivity index (χ0n) is 12.6. The molecule has 1 atom stereocenters. The quantitative estimate of drug-likeness (QED) is 0.911. The number of nitrogens with zero attached hydrogens (tertiary/aromatic N) is 1. The van der Waals surface area contributed by atoms with Crippen LogP contribution in [-0.2, 0) is 21.5 Å². The van der Waals surface area contributed by atoms with Gasteiger partial charge >= 0.3 is 0 Å². The van der Waals surface area contributed by atoms with Crippen LogP contribution < -0.4 is 5.73 Å². The zero-order valence-corrected chi connectivity index (χ0v) is 13.4. The van der Waals surface area contributed by atoms with Crippen molar-refractivity contribution < 1.29 is 9.47 Å². The Kier molecular flexibility index (Phi) is 3.65. The minimum atomic E-state index is -0.260. The fourth-order valence-corrected chi connectivity index (χ4v) is 4.70. The summed E-state index contributed by atoms with van der Waals surface area (Å²) in [6.45, 7) is 6.04. The van der Waals surface area contributed by atoms with Crippen molar-refractivity contribution in [2.45, 2.75) is 51.2 Å². The van der Waals surface area contributed by atoms with Gasteiger partial charge in [-0.25, -0.2) is 4.98 Å². The molecule has 4 nitrogen and oxygen atoms in total. The van der Waals surface area contributed by atoms with Crippen molar-refractivity contribution in [3.05, 3.63) is 15.6 Å². The van der Waals surface area contributed by atoms with Gasteiger partial charge in [-0.15, -0.1) is 11.3 Å². The number of methoxy groups -OCH3 is 1. The minimum Gasteiger partial charge on any atom is -0.381 e. The summed E-state index contributed by atoms with van der Waals surface area (Å²) >= 11 is 1.76. The van der Waals surface area contributed by atoms with E-state index < -0.39 is 0 Å². The summed E-state index contributed by atoms with van der Waals surface area (Å²) in [6.07, 6.45) is 3.82. The van der Waals surface area contributed by atoms with Gasteiger partial charge in [-0.1, -0.05) is 13.8 Å². The Morgan fingerprint density at radius 3 is 2.70 bits per heavy atom. The second-order valence-corrected chi connectivity index (χ2v) is 7.82. The SMILES string of the molecule is COC1(c2nc3c(s2)C(N)CC(C)(C)C3)CCOCC1. The van der Waals surface area contributed by atoms with Crippen molar-refractivity contribution in [3.8, 4) is 0 Å². The van der Waals surface area contributed by atoms with Crippen LogP contribution >= 0.6 is 11.3 Å². The first-order chi connectivity index (χ1) is 9.46. The number of ether oxygens (including phenoxy) is 2. The number of rotatable bonds is 2. The van der Waals surface area contributed by atoms with E-state index in [4.69, 9.17) is 20.2 Å². The molecule has 1 aliphatic heterocycles. The van der Waals surface area contributed by atoms with Crippen molar-refractivity contribution in [2.75, 3.05) is 20.3 Å². The Morgan fingerprint density at radius 2 is 2.05 bits per heavy atom. The molecule has 1 unspecified atom stereocenters. The van der Waals surface area contributed by atoms with Gasteiger partial charge in [-0.2, -0.15) is 0 Å². The number of aromatic nitrogens is 1. The molecule has 0 spiro atoms. The van der Waals surface area contributed by atoms with Crippen molar-refractivity contribution in [1.29, 1.82) is 0 Å². The van der Waals surface area contributed by atoms with Gasteiger partial charge in [0.05, 0.1) is 5.69 Å². The van der Waals surface area contributed by atoms with Gasteiger partial charge in [0.15, 0.2) is 0 Å².